The van der Waals surface area contributed by atoms with Crippen molar-refractivity contribution < 1.29 is 32.5 Å². The first-order valence-corrected chi connectivity index (χ1v) is 7.60. The smallest absolute Gasteiger partial charge is 0.406 e. The zero-order chi connectivity index (χ0) is 17.7. The van der Waals surface area contributed by atoms with Crippen molar-refractivity contribution in [3.8, 4) is 5.75 Å². The molecule has 1 aliphatic heterocycles. The molecule has 1 amide bonds. The van der Waals surface area contributed by atoms with Gasteiger partial charge >= 0.3 is 6.36 Å². The Morgan fingerprint density at radius 1 is 1.38 bits per heavy atom. The lowest BCUT2D eigenvalue weighted by Gasteiger charge is -2.23. The number of methoxy groups -OCH3 is 1. The summed E-state index contributed by atoms with van der Waals surface area (Å²) in [6.45, 7) is 0.209. The van der Waals surface area contributed by atoms with Gasteiger partial charge in [0.15, 0.2) is 0 Å². The summed E-state index contributed by atoms with van der Waals surface area (Å²) in [7, 11) is 1.54. The lowest BCUT2D eigenvalue weighted by molar-refractivity contribution is -0.274. The van der Waals surface area contributed by atoms with Crippen LogP contribution in [0.5, 0.6) is 5.75 Å². The molecule has 134 valence electrons. The molecule has 1 saturated heterocycles. The van der Waals surface area contributed by atoms with Gasteiger partial charge in [-0.05, 0) is 24.5 Å². The molecule has 0 spiro atoms. The minimum Gasteiger partial charge on any atom is -0.406 e. The number of hydrogen-bond donors (Lipinski definition) is 1. The van der Waals surface area contributed by atoms with Gasteiger partial charge < -0.3 is 19.5 Å². The Balaban J connectivity index is 1.99. The Bertz CT molecular complexity index is 564. The first-order valence-electron chi connectivity index (χ1n) is 7.60. The number of carbonyl (C=O) groups is 1. The van der Waals surface area contributed by atoms with E-state index in [1.807, 2.05) is 0 Å². The highest BCUT2D eigenvalue weighted by molar-refractivity contribution is 5.77. The molecule has 0 aliphatic carbocycles. The van der Waals surface area contributed by atoms with Crippen LogP contribution in [-0.4, -0.2) is 54.7 Å². The van der Waals surface area contributed by atoms with Crippen molar-refractivity contribution in [2.75, 3.05) is 20.3 Å². The summed E-state index contributed by atoms with van der Waals surface area (Å²) in [5, 5.41) is 9.36. The fourth-order valence-corrected chi connectivity index (χ4v) is 2.84. The van der Waals surface area contributed by atoms with Crippen molar-refractivity contribution >= 4 is 5.91 Å². The standard InChI is InChI=1S/C16H20F3NO4/c1-23-13-8-12(10-21)20(9-13)15(22)7-6-11-4-2-3-5-14(11)24-16(17,18)19/h2-5,12-13,21H,6-10H2,1H3/t12-,13+/m0/s1. The first kappa shape index (κ1) is 18.5. The largest absolute Gasteiger partial charge is 0.573 e. The number of amides is 1. The number of halogens is 3. The summed E-state index contributed by atoms with van der Waals surface area (Å²) in [5.74, 6) is -0.525. The zero-order valence-electron chi connectivity index (χ0n) is 13.3. The van der Waals surface area contributed by atoms with Gasteiger partial charge in [-0.1, -0.05) is 18.2 Å². The van der Waals surface area contributed by atoms with Crippen molar-refractivity contribution in [2.24, 2.45) is 0 Å². The number of aliphatic hydroxyl groups is 1. The van der Waals surface area contributed by atoms with Crippen LogP contribution < -0.4 is 4.74 Å². The Morgan fingerprint density at radius 3 is 2.71 bits per heavy atom. The molecule has 0 radical (unpaired) electrons. The van der Waals surface area contributed by atoms with Gasteiger partial charge in [0.2, 0.25) is 5.91 Å². The van der Waals surface area contributed by atoms with Gasteiger partial charge in [-0.25, -0.2) is 0 Å². The van der Waals surface area contributed by atoms with E-state index in [0.29, 0.717) is 18.5 Å². The van der Waals surface area contributed by atoms with Crippen LogP contribution in [0.15, 0.2) is 24.3 Å². The molecular formula is C16H20F3NO4. The second kappa shape index (κ2) is 7.85. The van der Waals surface area contributed by atoms with Crippen LogP contribution in [-0.2, 0) is 16.0 Å². The van der Waals surface area contributed by atoms with Crippen LogP contribution in [0.25, 0.3) is 0 Å². The van der Waals surface area contributed by atoms with Crippen LogP contribution in [0.1, 0.15) is 18.4 Å². The predicted octanol–water partition coefficient (Wildman–Crippen LogP) is 2.13. The average molecular weight is 347 g/mol. The number of rotatable bonds is 6. The summed E-state index contributed by atoms with van der Waals surface area (Å²) in [4.78, 5) is 13.9. The number of likely N-dealkylation sites (tertiary alicyclic amines) is 1. The number of aliphatic hydroxyl groups excluding tert-OH is 1. The Morgan fingerprint density at radius 2 is 2.08 bits per heavy atom. The van der Waals surface area contributed by atoms with Crippen LogP contribution in [0.4, 0.5) is 13.2 Å². The third-order valence-corrected chi connectivity index (χ3v) is 4.05. The highest BCUT2D eigenvalue weighted by atomic mass is 19.4. The minimum absolute atomic E-state index is 0.0329. The van der Waals surface area contributed by atoms with Gasteiger partial charge in [-0.15, -0.1) is 13.2 Å². The minimum atomic E-state index is -4.78. The molecular weight excluding hydrogens is 327 g/mol. The van der Waals surface area contributed by atoms with E-state index in [9.17, 15) is 23.1 Å². The molecule has 24 heavy (non-hydrogen) atoms. The van der Waals surface area contributed by atoms with E-state index in [4.69, 9.17) is 4.74 Å². The lowest BCUT2D eigenvalue weighted by atomic mass is 10.1. The molecule has 1 fully saturated rings. The summed E-state index contributed by atoms with van der Waals surface area (Å²) in [6, 6.07) is 5.44. The number of aryl methyl sites for hydroxylation is 1. The molecule has 0 aromatic heterocycles. The van der Waals surface area contributed by atoms with E-state index in [-0.39, 0.29) is 43.3 Å². The van der Waals surface area contributed by atoms with E-state index in [0.717, 1.165) is 0 Å². The fourth-order valence-electron chi connectivity index (χ4n) is 2.84. The van der Waals surface area contributed by atoms with Crippen molar-refractivity contribution in [2.45, 2.75) is 37.8 Å². The summed E-state index contributed by atoms with van der Waals surface area (Å²) in [6.07, 6.45) is -4.20. The Labute approximate surface area is 138 Å². The number of para-hydroxylation sites is 1. The summed E-state index contributed by atoms with van der Waals surface area (Å²) in [5.41, 5.74) is 0.311. The van der Waals surface area contributed by atoms with Crippen molar-refractivity contribution in [3.05, 3.63) is 29.8 Å². The summed E-state index contributed by atoms with van der Waals surface area (Å²) >= 11 is 0. The van der Waals surface area contributed by atoms with E-state index in [1.165, 1.54) is 30.2 Å². The van der Waals surface area contributed by atoms with Crippen LogP contribution >= 0.6 is 0 Å². The maximum Gasteiger partial charge on any atom is 0.573 e. The lowest BCUT2D eigenvalue weighted by Crippen LogP contribution is -2.38. The number of benzene rings is 1. The molecule has 1 aliphatic rings. The topological polar surface area (TPSA) is 59.0 Å². The van der Waals surface area contributed by atoms with Crippen molar-refractivity contribution in [3.63, 3.8) is 0 Å². The van der Waals surface area contributed by atoms with E-state index < -0.39 is 6.36 Å². The molecule has 0 unspecified atom stereocenters. The second-order valence-electron chi connectivity index (χ2n) is 5.63. The van der Waals surface area contributed by atoms with Crippen molar-refractivity contribution in [1.29, 1.82) is 0 Å². The van der Waals surface area contributed by atoms with Gasteiger partial charge in [0, 0.05) is 20.1 Å². The SMILES string of the molecule is CO[C@@H]1C[C@@H](CO)N(C(=O)CCc2ccccc2OC(F)(F)F)C1. The van der Waals surface area contributed by atoms with Crippen LogP contribution in [0.2, 0.25) is 0 Å². The molecule has 2 rings (SSSR count). The molecule has 8 heteroatoms. The van der Waals surface area contributed by atoms with Gasteiger partial charge in [-0.2, -0.15) is 0 Å². The van der Waals surface area contributed by atoms with Gasteiger partial charge in [0.05, 0.1) is 18.8 Å². The molecule has 0 saturated carbocycles. The number of alkyl halides is 3. The first-order chi connectivity index (χ1) is 11.3. The van der Waals surface area contributed by atoms with E-state index in [1.54, 1.807) is 6.07 Å². The van der Waals surface area contributed by atoms with Gasteiger partial charge in [0.25, 0.3) is 0 Å². The fraction of sp³-hybridized carbons (Fsp3) is 0.562. The van der Waals surface area contributed by atoms with E-state index in [2.05, 4.69) is 4.74 Å². The average Bonchev–Trinajstić information content (AvgIpc) is 2.96. The highest BCUT2D eigenvalue weighted by Crippen LogP contribution is 2.28. The third-order valence-electron chi connectivity index (χ3n) is 4.05. The zero-order valence-corrected chi connectivity index (χ0v) is 13.3. The Hall–Kier alpha value is -1.80. The second-order valence-corrected chi connectivity index (χ2v) is 5.63. The Kier molecular flexibility index (Phi) is 6.06. The third kappa shape index (κ3) is 4.85. The molecule has 1 heterocycles. The van der Waals surface area contributed by atoms with Crippen molar-refractivity contribution in [1.82, 2.24) is 4.90 Å². The van der Waals surface area contributed by atoms with E-state index >= 15 is 0 Å². The molecule has 0 bridgehead atoms. The molecule has 1 aromatic carbocycles. The number of hydrogen-bond acceptors (Lipinski definition) is 4. The number of nitrogens with zero attached hydrogens (tertiary/aromatic N) is 1. The highest BCUT2D eigenvalue weighted by Gasteiger charge is 2.35. The van der Waals surface area contributed by atoms with Gasteiger partial charge in [-0.3, -0.25) is 4.79 Å². The maximum absolute atomic E-state index is 12.4. The molecule has 1 aromatic rings. The quantitative estimate of drug-likeness (QED) is 0.856. The number of carbonyl (C=O) groups excluding carboxylic acids is 1. The molecule has 5 nitrogen and oxygen atoms in total. The normalized spacial score (nSPS) is 21.1. The van der Waals surface area contributed by atoms with Crippen LogP contribution in [0.3, 0.4) is 0 Å². The monoisotopic (exact) mass is 347 g/mol. The van der Waals surface area contributed by atoms with Crippen LogP contribution in [0, 0.1) is 0 Å². The van der Waals surface area contributed by atoms with Gasteiger partial charge in [0.1, 0.15) is 5.75 Å². The predicted molar refractivity (Wildman–Crippen MR) is 79.4 cm³/mol. The molecule has 1 N–H and O–H groups in total. The summed E-state index contributed by atoms with van der Waals surface area (Å²) < 4.78 is 46.4. The maximum atomic E-state index is 12.4. The number of ether oxygens (including phenoxy) is 2. The molecule has 2 atom stereocenters.